The molecular formula is C23H26FNO5. The van der Waals surface area contributed by atoms with Gasteiger partial charge in [0.05, 0.1) is 24.7 Å². The van der Waals surface area contributed by atoms with E-state index in [9.17, 15) is 18.8 Å². The number of aliphatic imine (C=N–C) groups is 1. The van der Waals surface area contributed by atoms with Gasteiger partial charge in [0.25, 0.3) is 0 Å². The van der Waals surface area contributed by atoms with Gasteiger partial charge < -0.3 is 9.47 Å². The second-order valence-corrected chi connectivity index (χ2v) is 7.65. The number of halogens is 1. The van der Waals surface area contributed by atoms with Crippen molar-refractivity contribution < 1.29 is 28.2 Å². The van der Waals surface area contributed by atoms with Crippen LogP contribution in [0, 0.1) is 23.6 Å². The van der Waals surface area contributed by atoms with Crippen molar-refractivity contribution in [2.24, 2.45) is 22.7 Å². The zero-order valence-corrected chi connectivity index (χ0v) is 17.6. The van der Waals surface area contributed by atoms with Crippen LogP contribution in [0.15, 0.2) is 40.5 Å². The SMILES string of the molecule is CCOC(=O)C1=C(C)N=C2C[C@@H](C)[C@H](C(=O)OCC)C(=O)C2[C@@H]1c1cccc(F)c1. The number of allylic oxidation sites excluding steroid dienone is 1. The van der Waals surface area contributed by atoms with E-state index in [1.54, 1.807) is 26.8 Å². The third kappa shape index (κ3) is 3.93. The average molecular weight is 415 g/mol. The van der Waals surface area contributed by atoms with E-state index in [1.807, 2.05) is 6.92 Å². The smallest absolute Gasteiger partial charge is 0.336 e. The maximum absolute atomic E-state index is 14.1. The molecule has 4 atom stereocenters. The molecular weight excluding hydrogens is 389 g/mol. The quantitative estimate of drug-likeness (QED) is 0.542. The van der Waals surface area contributed by atoms with Crippen molar-refractivity contribution in [3.05, 3.63) is 46.9 Å². The molecule has 0 saturated heterocycles. The van der Waals surface area contributed by atoms with E-state index in [0.29, 0.717) is 23.4 Å². The van der Waals surface area contributed by atoms with E-state index >= 15 is 0 Å². The number of Topliss-reactive ketones (excluding diaryl/α,β-unsaturated/α-hetero) is 1. The van der Waals surface area contributed by atoms with Crippen LogP contribution in [0.1, 0.15) is 45.6 Å². The molecule has 1 unspecified atom stereocenters. The summed E-state index contributed by atoms with van der Waals surface area (Å²) in [6, 6.07) is 5.82. The molecule has 1 aromatic rings. The Morgan fingerprint density at radius 1 is 1.17 bits per heavy atom. The van der Waals surface area contributed by atoms with Gasteiger partial charge in [0.15, 0.2) is 5.78 Å². The van der Waals surface area contributed by atoms with Crippen LogP contribution in [0.4, 0.5) is 4.39 Å². The number of fused-ring (bicyclic) bond motifs is 1. The van der Waals surface area contributed by atoms with Crippen LogP contribution in [0.2, 0.25) is 0 Å². The minimum absolute atomic E-state index is 0.156. The van der Waals surface area contributed by atoms with Gasteiger partial charge in [-0.3, -0.25) is 14.6 Å². The Morgan fingerprint density at radius 3 is 2.50 bits per heavy atom. The number of ketones is 1. The second-order valence-electron chi connectivity index (χ2n) is 7.65. The summed E-state index contributed by atoms with van der Waals surface area (Å²) < 4.78 is 24.4. The lowest BCUT2D eigenvalue weighted by atomic mass is 9.64. The van der Waals surface area contributed by atoms with Crippen molar-refractivity contribution in [1.82, 2.24) is 0 Å². The topological polar surface area (TPSA) is 82.0 Å². The molecule has 3 rings (SSSR count). The summed E-state index contributed by atoms with van der Waals surface area (Å²) in [6.45, 7) is 7.20. The molecule has 1 saturated carbocycles. The number of carbonyl (C=O) groups excluding carboxylic acids is 3. The molecule has 1 aliphatic heterocycles. The van der Waals surface area contributed by atoms with Crippen molar-refractivity contribution in [2.45, 2.75) is 40.0 Å². The van der Waals surface area contributed by atoms with E-state index in [1.165, 1.54) is 18.2 Å². The lowest BCUT2D eigenvalue weighted by Gasteiger charge is -2.40. The fourth-order valence-electron chi connectivity index (χ4n) is 4.48. The van der Waals surface area contributed by atoms with E-state index < -0.39 is 35.5 Å². The highest BCUT2D eigenvalue weighted by atomic mass is 19.1. The van der Waals surface area contributed by atoms with Gasteiger partial charge in [-0.25, -0.2) is 9.18 Å². The predicted molar refractivity (Wildman–Crippen MR) is 108 cm³/mol. The van der Waals surface area contributed by atoms with Crippen LogP contribution in [0.5, 0.6) is 0 Å². The van der Waals surface area contributed by atoms with Crippen LogP contribution in [-0.2, 0) is 23.9 Å². The van der Waals surface area contributed by atoms with Gasteiger partial charge in [-0.1, -0.05) is 19.1 Å². The third-order valence-corrected chi connectivity index (χ3v) is 5.66. The van der Waals surface area contributed by atoms with Crippen molar-refractivity contribution in [3.63, 3.8) is 0 Å². The standard InChI is InChI=1S/C23H26FNO5/c1-5-29-22(27)17-12(3)10-16-20(21(17)26)19(14-8-7-9-15(24)11-14)18(13(4)25-16)23(28)30-6-2/h7-9,11-12,17,19-20H,5-6,10H2,1-4H3/t12-,17+,19-,20?/m1/s1. The van der Waals surface area contributed by atoms with Crippen LogP contribution in [0.25, 0.3) is 0 Å². The molecule has 0 bridgehead atoms. The fourth-order valence-corrected chi connectivity index (χ4v) is 4.48. The summed E-state index contributed by atoms with van der Waals surface area (Å²) in [7, 11) is 0. The Balaban J connectivity index is 2.15. The Kier molecular flexibility index (Phi) is 6.48. The number of hydrogen-bond donors (Lipinski definition) is 0. The number of benzene rings is 1. The number of ether oxygens (including phenoxy) is 2. The van der Waals surface area contributed by atoms with Gasteiger partial charge in [-0.15, -0.1) is 0 Å². The fraction of sp³-hybridized carbons (Fsp3) is 0.478. The monoisotopic (exact) mass is 415 g/mol. The lowest BCUT2D eigenvalue weighted by molar-refractivity contribution is -0.154. The van der Waals surface area contributed by atoms with Crippen LogP contribution >= 0.6 is 0 Å². The molecule has 1 fully saturated rings. The molecule has 0 N–H and O–H groups in total. The number of esters is 2. The minimum atomic E-state index is -0.952. The Bertz CT molecular complexity index is 935. The third-order valence-electron chi connectivity index (χ3n) is 5.66. The largest absolute Gasteiger partial charge is 0.465 e. The molecule has 160 valence electrons. The number of hydrogen-bond acceptors (Lipinski definition) is 6. The first kappa shape index (κ1) is 21.9. The summed E-state index contributed by atoms with van der Waals surface area (Å²) in [5.74, 6) is -4.85. The first-order chi connectivity index (χ1) is 14.3. The van der Waals surface area contributed by atoms with Crippen LogP contribution in [-0.4, -0.2) is 36.6 Å². The first-order valence-corrected chi connectivity index (χ1v) is 10.2. The van der Waals surface area contributed by atoms with Gasteiger partial charge in [0.2, 0.25) is 0 Å². The van der Waals surface area contributed by atoms with Gasteiger partial charge in [0.1, 0.15) is 11.7 Å². The zero-order valence-electron chi connectivity index (χ0n) is 17.6. The van der Waals surface area contributed by atoms with E-state index in [4.69, 9.17) is 9.47 Å². The van der Waals surface area contributed by atoms with Crippen molar-refractivity contribution in [3.8, 4) is 0 Å². The van der Waals surface area contributed by atoms with Crippen molar-refractivity contribution in [1.29, 1.82) is 0 Å². The summed E-state index contributed by atoms with van der Waals surface area (Å²) in [4.78, 5) is 43.4. The summed E-state index contributed by atoms with van der Waals surface area (Å²) in [6.07, 6.45) is 0.416. The minimum Gasteiger partial charge on any atom is -0.465 e. The molecule has 1 aromatic carbocycles. The molecule has 1 aliphatic carbocycles. The lowest BCUT2D eigenvalue weighted by Crippen LogP contribution is -2.49. The number of rotatable bonds is 5. The summed E-state index contributed by atoms with van der Waals surface area (Å²) in [5.41, 5.74) is 1.75. The molecule has 7 heteroatoms. The van der Waals surface area contributed by atoms with Crippen molar-refractivity contribution >= 4 is 23.4 Å². The maximum atomic E-state index is 14.1. The van der Waals surface area contributed by atoms with Crippen LogP contribution in [0.3, 0.4) is 0 Å². The van der Waals surface area contributed by atoms with Gasteiger partial charge >= 0.3 is 11.9 Å². The predicted octanol–water partition coefficient (Wildman–Crippen LogP) is 3.61. The molecule has 2 aliphatic rings. The summed E-state index contributed by atoms with van der Waals surface area (Å²) >= 11 is 0. The second kappa shape index (κ2) is 8.90. The molecule has 6 nitrogen and oxygen atoms in total. The highest BCUT2D eigenvalue weighted by Gasteiger charge is 2.51. The molecule has 0 spiro atoms. The highest BCUT2D eigenvalue weighted by Crippen LogP contribution is 2.45. The Morgan fingerprint density at radius 2 is 1.87 bits per heavy atom. The normalized spacial score (nSPS) is 26.0. The molecule has 0 amide bonds. The zero-order chi connectivity index (χ0) is 22.0. The average Bonchev–Trinajstić information content (AvgIpc) is 2.67. The molecule has 1 heterocycles. The molecule has 0 aromatic heterocycles. The Labute approximate surface area is 175 Å². The van der Waals surface area contributed by atoms with Gasteiger partial charge in [0, 0.05) is 17.3 Å². The number of carbonyl (C=O) groups is 3. The van der Waals surface area contributed by atoms with Crippen molar-refractivity contribution in [2.75, 3.05) is 13.2 Å². The van der Waals surface area contributed by atoms with Crippen LogP contribution < -0.4 is 0 Å². The first-order valence-electron chi connectivity index (χ1n) is 10.2. The van der Waals surface area contributed by atoms with Gasteiger partial charge in [-0.2, -0.15) is 0 Å². The number of nitrogens with zero attached hydrogens (tertiary/aromatic N) is 1. The van der Waals surface area contributed by atoms with E-state index in [0.717, 1.165) is 0 Å². The molecule has 30 heavy (non-hydrogen) atoms. The highest BCUT2D eigenvalue weighted by molar-refractivity contribution is 6.17. The van der Waals surface area contributed by atoms with E-state index in [2.05, 4.69) is 4.99 Å². The Hall–Kier alpha value is -2.83. The summed E-state index contributed by atoms with van der Waals surface area (Å²) in [5, 5.41) is 0. The van der Waals surface area contributed by atoms with E-state index in [-0.39, 0.29) is 30.5 Å². The van der Waals surface area contributed by atoms with Gasteiger partial charge in [-0.05, 0) is 50.8 Å². The molecule has 0 radical (unpaired) electrons. The maximum Gasteiger partial charge on any atom is 0.336 e.